The summed E-state index contributed by atoms with van der Waals surface area (Å²) in [5.74, 6) is -0.0692. The number of ketones is 1. The summed E-state index contributed by atoms with van der Waals surface area (Å²) in [5.41, 5.74) is 11.9. The van der Waals surface area contributed by atoms with Crippen molar-refractivity contribution in [3.63, 3.8) is 0 Å². The van der Waals surface area contributed by atoms with E-state index in [2.05, 4.69) is 15.4 Å². The van der Waals surface area contributed by atoms with E-state index in [1.165, 1.54) is 22.2 Å². The third-order valence-electron chi connectivity index (χ3n) is 5.26. The number of anilines is 1. The number of nitrogens with two attached hydrogens (primary N) is 1. The van der Waals surface area contributed by atoms with Crippen LogP contribution >= 0.6 is 11.3 Å². The molecule has 2 aromatic heterocycles. The molecule has 0 atom stereocenters. The van der Waals surface area contributed by atoms with Gasteiger partial charge >= 0.3 is 0 Å². The van der Waals surface area contributed by atoms with Crippen molar-refractivity contribution in [2.45, 2.75) is 25.8 Å². The minimum absolute atomic E-state index is 0.112. The third-order valence-corrected chi connectivity index (χ3v) is 6.05. The van der Waals surface area contributed by atoms with E-state index in [9.17, 15) is 9.59 Å². The first-order valence-corrected chi connectivity index (χ1v) is 10.5. The van der Waals surface area contributed by atoms with Crippen molar-refractivity contribution in [2.75, 3.05) is 5.73 Å². The lowest BCUT2D eigenvalue weighted by molar-refractivity contribution is 0.0950. The van der Waals surface area contributed by atoms with Crippen LogP contribution < -0.4 is 11.1 Å². The fraction of sp³-hybridized carbons (Fsp3) is 0.182. The Bertz CT molecular complexity index is 1300. The van der Waals surface area contributed by atoms with Crippen molar-refractivity contribution >= 4 is 39.1 Å². The fourth-order valence-corrected chi connectivity index (χ4v) is 4.07. The minimum Gasteiger partial charge on any atom is -0.383 e. The molecule has 1 fully saturated rings. The van der Waals surface area contributed by atoms with Crippen LogP contribution in [0.4, 0.5) is 5.82 Å². The molecule has 0 spiro atoms. The van der Waals surface area contributed by atoms with Crippen molar-refractivity contribution in [3.8, 4) is 5.69 Å². The Kier molecular flexibility index (Phi) is 4.36. The van der Waals surface area contributed by atoms with Crippen LogP contribution in [-0.2, 0) is 0 Å². The molecule has 30 heavy (non-hydrogen) atoms. The molecule has 7 nitrogen and oxygen atoms in total. The summed E-state index contributed by atoms with van der Waals surface area (Å²) in [5, 5.41) is 7.33. The van der Waals surface area contributed by atoms with E-state index in [-0.39, 0.29) is 23.6 Å². The molecule has 0 radical (unpaired) electrons. The molecule has 150 valence electrons. The van der Waals surface area contributed by atoms with Crippen LogP contribution in [-0.4, -0.2) is 32.5 Å². The highest BCUT2D eigenvalue weighted by molar-refractivity contribution is 7.16. The molecule has 1 saturated carbocycles. The fourth-order valence-electron chi connectivity index (χ4n) is 3.35. The maximum absolute atomic E-state index is 13.1. The summed E-state index contributed by atoms with van der Waals surface area (Å²) in [6.45, 7) is 1.91. The van der Waals surface area contributed by atoms with Crippen molar-refractivity contribution in [2.24, 2.45) is 0 Å². The van der Waals surface area contributed by atoms with Crippen LogP contribution in [0.3, 0.4) is 0 Å². The number of nitrogens with zero attached hydrogens (tertiary/aromatic N) is 3. The van der Waals surface area contributed by atoms with Gasteiger partial charge in [-0.1, -0.05) is 6.07 Å². The van der Waals surface area contributed by atoms with E-state index < -0.39 is 0 Å². The second-order valence-corrected chi connectivity index (χ2v) is 8.35. The molecular formula is C22H19N5O2S. The molecule has 5 rings (SSSR count). The predicted octanol–water partition coefficient (Wildman–Crippen LogP) is 3.50. The molecule has 2 heterocycles. The molecule has 1 aliphatic rings. The second-order valence-electron chi connectivity index (χ2n) is 7.47. The number of carbonyl (C=O) groups excluding carboxylic acids is 2. The van der Waals surface area contributed by atoms with Gasteiger partial charge in [0, 0.05) is 17.2 Å². The molecule has 1 aliphatic carbocycles. The molecule has 0 saturated heterocycles. The first-order chi connectivity index (χ1) is 14.5. The summed E-state index contributed by atoms with van der Waals surface area (Å²) in [7, 11) is 0. The first-order valence-electron chi connectivity index (χ1n) is 9.64. The molecule has 4 aromatic rings. The number of nitrogens with one attached hydrogen (secondary N) is 1. The Morgan fingerprint density at radius 2 is 1.97 bits per heavy atom. The standard InChI is InChI=1S/C22H19N5O2S/c1-12-2-3-14(22(29)26-15-5-6-15)8-18(12)27-21(23)16(10-25-27)20(28)13-4-7-17-19(9-13)30-11-24-17/h2-4,7-11,15H,5-6,23H2,1H3,(H,26,29). The maximum Gasteiger partial charge on any atom is 0.251 e. The zero-order valence-electron chi connectivity index (χ0n) is 16.3. The van der Waals surface area contributed by atoms with Gasteiger partial charge in [0.15, 0.2) is 5.78 Å². The number of carbonyl (C=O) groups is 2. The topological polar surface area (TPSA) is 103 Å². The molecule has 1 amide bonds. The van der Waals surface area contributed by atoms with E-state index in [4.69, 9.17) is 5.73 Å². The Morgan fingerprint density at radius 3 is 2.77 bits per heavy atom. The third kappa shape index (κ3) is 3.25. The number of hydrogen-bond acceptors (Lipinski definition) is 6. The van der Waals surface area contributed by atoms with Gasteiger partial charge in [-0.05, 0) is 55.7 Å². The molecule has 0 aliphatic heterocycles. The largest absolute Gasteiger partial charge is 0.383 e. The molecule has 2 aromatic carbocycles. The van der Waals surface area contributed by atoms with Gasteiger partial charge in [0.05, 0.1) is 33.2 Å². The van der Waals surface area contributed by atoms with Crippen LogP contribution in [0.25, 0.3) is 15.9 Å². The van der Waals surface area contributed by atoms with Crippen molar-refractivity contribution in [1.29, 1.82) is 0 Å². The summed E-state index contributed by atoms with van der Waals surface area (Å²) in [4.78, 5) is 29.7. The normalized spacial score (nSPS) is 13.5. The summed E-state index contributed by atoms with van der Waals surface area (Å²) < 4.78 is 2.46. The highest BCUT2D eigenvalue weighted by atomic mass is 32.1. The lowest BCUT2D eigenvalue weighted by atomic mass is 10.1. The van der Waals surface area contributed by atoms with Gasteiger partial charge in [0.1, 0.15) is 5.82 Å². The lowest BCUT2D eigenvalue weighted by Gasteiger charge is -2.11. The first kappa shape index (κ1) is 18.5. The van der Waals surface area contributed by atoms with Gasteiger partial charge in [-0.3, -0.25) is 9.59 Å². The smallest absolute Gasteiger partial charge is 0.251 e. The number of aryl methyl sites for hydroxylation is 1. The van der Waals surface area contributed by atoms with E-state index in [1.54, 1.807) is 23.7 Å². The van der Waals surface area contributed by atoms with Crippen LogP contribution in [0.5, 0.6) is 0 Å². The SMILES string of the molecule is Cc1ccc(C(=O)NC2CC2)cc1-n1ncc(C(=O)c2ccc3ncsc3c2)c1N. The Hall–Kier alpha value is -3.52. The molecule has 8 heteroatoms. The van der Waals surface area contributed by atoms with Crippen LogP contribution in [0.1, 0.15) is 44.7 Å². The Labute approximate surface area is 176 Å². The molecule has 0 bridgehead atoms. The second kappa shape index (κ2) is 7.07. The molecular weight excluding hydrogens is 398 g/mol. The maximum atomic E-state index is 13.1. The van der Waals surface area contributed by atoms with Gasteiger partial charge in [-0.15, -0.1) is 11.3 Å². The Morgan fingerprint density at radius 1 is 1.17 bits per heavy atom. The van der Waals surface area contributed by atoms with Gasteiger partial charge in [0.2, 0.25) is 0 Å². The highest BCUT2D eigenvalue weighted by Gasteiger charge is 2.24. The zero-order valence-corrected chi connectivity index (χ0v) is 17.1. The molecule has 3 N–H and O–H groups in total. The van der Waals surface area contributed by atoms with E-state index in [1.807, 2.05) is 25.1 Å². The van der Waals surface area contributed by atoms with Gasteiger partial charge < -0.3 is 11.1 Å². The number of nitrogen functional groups attached to an aromatic ring is 1. The van der Waals surface area contributed by atoms with Gasteiger partial charge in [0.25, 0.3) is 5.91 Å². The average Bonchev–Trinajstić information content (AvgIpc) is 3.29. The number of benzene rings is 2. The zero-order chi connectivity index (χ0) is 20.8. The van der Waals surface area contributed by atoms with E-state index in [0.29, 0.717) is 22.4 Å². The number of amides is 1. The van der Waals surface area contributed by atoms with Crippen molar-refractivity contribution in [3.05, 3.63) is 70.4 Å². The number of thiazole rings is 1. The number of hydrogen-bond donors (Lipinski definition) is 2. The average molecular weight is 417 g/mol. The van der Waals surface area contributed by atoms with Crippen molar-refractivity contribution in [1.82, 2.24) is 20.1 Å². The highest BCUT2D eigenvalue weighted by Crippen LogP contribution is 2.26. The Balaban J connectivity index is 1.49. The minimum atomic E-state index is -0.200. The quantitative estimate of drug-likeness (QED) is 0.484. The summed E-state index contributed by atoms with van der Waals surface area (Å²) >= 11 is 1.48. The monoisotopic (exact) mass is 417 g/mol. The van der Waals surface area contributed by atoms with Crippen molar-refractivity contribution < 1.29 is 9.59 Å². The van der Waals surface area contributed by atoms with Gasteiger partial charge in [-0.25, -0.2) is 9.67 Å². The van der Waals surface area contributed by atoms with Crippen LogP contribution in [0.15, 0.2) is 48.1 Å². The van der Waals surface area contributed by atoms with Crippen LogP contribution in [0, 0.1) is 6.92 Å². The van der Waals surface area contributed by atoms with Gasteiger partial charge in [-0.2, -0.15) is 5.10 Å². The predicted molar refractivity (Wildman–Crippen MR) is 116 cm³/mol. The van der Waals surface area contributed by atoms with Crippen LogP contribution in [0.2, 0.25) is 0 Å². The lowest BCUT2D eigenvalue weighted by Crippen LogP contribution is -2.25. The number of fused-ring (bicyclic) bond motifs is 1. The van der Waals surface area contributed by atoms with E-state index in [0.717, 1.165) is 28.6 Å². The number of rotatable bonds is 5. The summed E-state index contributed by atoms with van der Waals surface area (Å²) in [6.07, 6.45) is 3.52. The number of aromatic nitrogens is 3. The summed E-state index contributed by atoms with van der Waals surface area (Å²) in [6, 6.07) is 11.1. The van der Waals surface area contributed by atoms with E-state index >= 15 is 0 Å². The molecule has 0 unspecified atom stereocenters.